The first-order chi connectivity index (χ1) is 5.07. The molecule has 0 spiro atoms. The van der Waals surface area contributed by atoms with Gasteiger partial charge in [0.1, 0.15) is 0 Å². The first-order valence-electron chi connectivity index (χ1n) is 4.02. The van der Waals surface area contributed by atoms with Crippen molar-refractivity contribution in [1.82, 2.24) is 0 Å². The highest BCUT2D eigenvalue weighted by Gasteiger charge is 1.88. The maximum Gasteiger partial charge on any atom is -0.00813 e. The van der Waals surface area contributed by atoms with Crippen LogP contribution in [0.2, 0.25) is 0 Å². The van der Waals surface area contributed by atoms with E-state index in [0.29, 0.717) is 5.92 Å². The summed E-state index contributed by atoms with van der Waals surface area (Å²) in [5, 5.41) is 0. The minimum absolute atomic E-state index is 0.476. The van der Waals surface area contributed by atoms with E-state index in [4.69, 9.17) is 0 Å². The van der Waals surface area contributed by atoms with Gasteiger partial charge in [-0.05, 0) is 26.7 Å². The molecule has 0 fully saturated rings. The van der Waals surface area contributed by atoms with Gasteiger partial charge in [0, 0.05) is 0 Å². The molecule has 1 unspecified atom stereocenters. The van der Waals surface area contributed by atoms with E-state index in [0.717, 1.165) is 0 Å². The molecule has 0 N–H and O–H groups in total. The highest BCUT2D eigenvalue weighted by atomic mass is 13.9. The molecule has 0 saturated heterocycles. The Bertz CT molecular complexity index is 178. The highest BCUT2D eigenvalue weighted by molar-refractivity contribution is 5.21. The molecule has 0 radical (unpaired) electrons. The van der Waals surface area contributed by atoms with Crippen LogP contribution in [0.3, 0.4) is 0 Å². The van der Waals surface area contributed by atoms with Gasteiger partial charge < -0.3 is 0 Å². The Balaban J connectivity index is 4.14. The van der Waals surface area contributed by atoms with E-state index >= 15 is 0 Å². The summed E-state index contributed by atoms with van der Waals surface area (Å²) < 4.78 is 0. The number of hydrogen-bond donors (Lipinski definition) is 0. The maximum atomic E-state index is 3.72. The van der Waals surface area contributed by atoms with Crippen molar-refractivity contribution in [2.75, 3.05) is 0 Å². The van der Waals surface area contributed by atoms with Crippen LogP contribution in [0.5, 0.6) is 0 Å². The Hall–Kier alpha value is -0.780. The molecule has 11 heavy (non-hydrogen) atoms. The first-order valence-corrected chi connectivity index (χ1v) is 4.02. The standard InChI is InChI=1S/C11H18/c1-6-10(4)7-8-11(5)9(2)3/h6-8,10H,1H2,2-5H3/b8-7-. The van der Waals surface area contributed by atoms with Gasteiger partial charge in [0.05, 0.1) is 0 Å². The lowest BCUT2D eigenvalue weighted by atomic mass is 10.1. The van der Waals surface area contributed by atoms with Crippen LogP contribution in [0.4, 0.5) is 0 Å². The van der Waals surface area contributed by atoms with Crippen LogP contribution >= 0.6 is 0 Å². The quantitative estimate of drug-likeness (QED) is 0.425. The Morgan fingerprint density at radius 3 is 2.18 bits per heavy atom. The third-order valence-corrected chi connectivity index (χ3v) is 1.81. The molecule has 0 aliphatic heterocycles. The van der Waals surface area contributed by atoms with Crippen LogP contribution in [0.15, 0.2) is 36.0 Å². The molecule has 1 atom stereocenters. The predicted molar refractivity (Wildman–Crippen MR) is 52.5 cm³/mol. The molecule has 0 amide bonds. The second kappa shape index (κ2) is 4.95. The van der Waals surface area contributed by atoms with E-state index in [-0.39, 0.29) is 0 Å². The summed E-state index contributed by atoms with van der Waals surface area (Å²) >= 11 is 0. The minimum Gasteiger partial charge on any atom is -0.102 e. The fraction of sp³-hybridized carbons (Fsp3) is 0.455. The second-order valence-corrected chi connectivity index (χ2v) is 3.14. The summed E-state index contributed by atoms with van der Waals surface area (Å²) in [6, 6.07) is 0. The van der Waals surface area contributed by atoms with Gasteiger partial charge in [-0.2, -0.15) is 0 Å². The number of rotatable bonds is 3. The van der Waals surface area contributed by atoms with E-state index < -0.39 is 0 Å². The van der Waals surface area contributed by atoms with Crippen molar-refractivity contribution < 1.29 is 0 Å². The zero-order chi connectivity index (χ0) is 8.85. The van der Waals surface area contributed by atoms with Gasteiger partial charge in [0.15, 0.2) is 0 Å². The van der Waals surface area contributed by atoms with Gasteiger partial charge in [-0.3, -0.25) is 0 Å². The summed E-state index contributed by atoms with van der Waals surface area (Å²) in [6.07, 6.45) is 6.26. The summed E-state index contributed by atoms with van der Waals surface area (Å²) in [5.41, 5.74) is 2.72. The lowest BCUT2D eigenvalue weighted by Crippen LogP contribution is -1.81. The summed E-state index contributed by atoms with van der Waals surface area (Å²) in [7, 11) is 0. The van der Waals surface area contributed by atoms with Gasteiger partial charge in [-0.15, -0.1) is 6.58 Å². The molecular formula is C11H18. The third kappa shape index (κ3) is 4.60. The normalized spacial score (nSPS) is 13.1. The molecule has 0 nitrogen and oxygen atoms in total. The zero-order valence-electron chi connectivity index (χ0n) is 8.02. The van der Waals surface area contributed by atoms with Crippen LogP contribution in [0, 0.1) is 5.92 Å². The molecular weight excluding hydrogens is 132 g/mol. The number of allylic oxidation sites excluding steroid dienone is 5. The molecule has 0 bridgehead atoms. The van der Waals surface area contributed by atoms with E-state index in [1.54, 1.807) is 0 Å². The van der Waals surface area contributed by atoms with Crippen molar-refractivity contribution in [3.05, 3.63) is 36.0 Å². The van der Waals surface area contributed by atoms with Crippen LogP contribution in [0.1, 0.15) is 27.7 Å². The van der Waals surface area contributed by atoms with Crippen molar-refractivity contribution in [2.45, 2.75) is 27.7 Å². The summed E-state index contributed by atoms with van der Waals surface area (Å²) in [6.45, 7) is 12.2. The molecule has 0 saturated carbocycles. The molecule has 0 aliphatic rings. The minimum atomic E-state index is 0.476. The van der Waals surface area contributed by atoms with Crippen LogP contribution in [-0.2, 0) is 0 Å². The Labute approximate surface area is 70.3 Å². The Morgan fingerprint density at radius 2 is 1.82 bits per heavy atom. The van der Waals surface area contributed by atoms with Crippen molar-refractivity contribution in [3.8, 4) is 0 Å². The second-order valence-electron chi connectivity index (χ2n) is 3.14. The van der Waals surface area contributed by atoms with Gasteiger partial charge in [-0.25, -0.2) is 0 Å². The molecule has 0 aromatic carbocycles. The monoisotopic (exact) mass is 150 g/mol. The van der Waals surface area contributed by atoms with Crippen molar-refractivity contribution in [1.29, 1.82) is 0 Å². The van der Waals surface area contributed by atoms with Crippen LogP contribution < -0.4 is 0 Å². The van der Waals surface area contributed by atoms with Crippen molar-refractivity contribution in [3.63, 3.8) is 0 Å². The molecule has 0 rings (SSSR count). The average Bonchev–Trinajstić information content (AvgIpc) is 1.99. The largest absolute Gasteiger partial charge is 0.102 e. The number of hydrogen-bond acceptors (Lipinski definition) is 0. The van der Waals surface area contributed by atoms with Crippen LogP contribution in [0.25, 0.3) is 0 Å². The van der Waals surface area contributed by atoms with Gasteiger partial charge >= 0.3 is 0 Å². The molecule has 0 aromatic heterocycles. The molecule has 0 aliphatic carbocycles. The predicted octanol–water partition coefficient (Wildman–Crippen LogP) is 3.72. The van der Waals surface area contributed by atoms with E-state index in [2.05, 4.69) is 46.4 Å². The van der Waals surface area contributed by atoms with E-state index in [1.165, 1.54) is 11.1 Å². The Morgan fingerprint density at radius 1 is 1.27 bits per heavy atom. The first kappa shape index (κ1) is 10.2. The van der Waals surface area contributed by atoms with E-state index in [9.17, 15) is 0 Å². The fourth-order valence-electron chi connectivity index (χ4n) is 0.541. The summed E-state index contributed by atoms with van der Waals surface area (Å²) in [5.74, 6) is 0.476. The third-order valence-electron chi connectivity index (χ3n) is 1.81. The Kier molecular flexibility index (Phi) is 4.60. The summed E-state index contributed by atoms with van der Waals surface area (Å²) in [4.78, 5) is 0. The lowest BCUT2D eigenvalue weighted by Gasteiger charge is -1.98. The topological polar surface area (TPSA) is 0 Å². The highest BCUT2D eigenvalue weighted by Crippen LogP contribution is 2.06. The molecule has 0 aromatic rings. The van der Waals surface area contributed by atoms with Crippen LogP contribution in [-0.4, -0.2) is 0 Å². The van der Waals surface area contributed by atoms with Crippen molar-refractivity contribution >= 4 is 0 Å². The molecule has 62 valence electrons. The van der Waals surface area contributed by atoms with Gasteiger partial charge in [0.2, 0.25) is 0 Å². The van der Waals surface area contributed by atoms with Gasteiger partial charge in [-0.1, -0.05) is 36.3 Å². The fourth-order valence-corrected chi connectivity index (χ4v) is 0.541. The molecule has 0 heteroatoms. The smallest absolute Gasteiger partial charge is 0.00813 e. The van der Waals surface area contributed by atoms with E-state index in [1.807, 2.05) is 6.08 Å². The average molecular weight is 150 g/mol. The molecule has 0 heterocycles. The van der Waals surface area contributed by atoms with Gasteiger partial charge in [0.25, 0.3) is 0 Å². The van der Waals surface area contributed by atoms with Crippen molar-refractivity contribution in [2.24, 2.45) is 5.92 Å². The lowest BCUT2D eigenvalue weighted by molar-refractivity contribution is 0.941. The zero-order valence-corrected chi connectivity index (χ0v) is 8.02. The SMILES string of the molecule is C=CC(C)/C=C\C(C)=C(C)C. The maximum absolute atomic E-state index is 3.72.